The molecule has 0 heterocycles. The first-order chi connectivity index (χ1) is 8.21. The van der Waals surface area contributed by atoms with Crippen LogP contribution < -0.4 is 0 Å². The van der Waals surface area contributed by atoms with Gasteiger partial charge in [0.15, 0.2) is 0 Å². The first-order valence-corrected chi connectivity index (χ1v) is 6.95. The Balaban J connectivity index is 3.45. The summed E-state index contributed by atoms with van der Waals surface area (Å²) in [5.74, 6) is 0. The predicted molar refractivity (Wildman–Crippen MR) is 78.6 cm³/mol. The zero-order valence-electron chi connectivity index (χ0n) is 12.4. The van der Waals surface area contributed by atoms with Crippen LogP contribution in [0.4, 0.5) is 0 Å². The quantitative estimate of drug-likeness (QED) is 0.482. The molecule has 0 spiro atoms. The molecule has 18 heavy (non-hydrogen) atoms. The Morgan fingerprint density at radius 2 is 0.889 bits per heavy atom. The zero-order chi connectivity index (χ0) is 14.1. The van der Waals surface area contributed by atoms with Crippen LogP contribution in [0.1, 0.15) is 66.2 Å². The average molecular weight is 254 g/mol. The largest absolute Gasteiger partial charge is 0.390 e. The van der Waals surface area contributed by atoms with Gasteiger partial charge in [-0.3, -0.25) is 0 Å². The highest BCUT2D eigenvalue weighted by Crippen LogP contribution is 2.12. The second-order valence-electron chi connectivity index (χ2n) is 6.22. The van der Waals surface area contributed by atoms with E-state index in [1.54, 1.807) is 0 Å². The van der Waals surface area contributed by atoms with E-state index < -0.39 is 11.2 Å². The molecule has 0 aromatic carbocycles. The number of hydrogen-bond acceptors (Lipinski definition) is 2. The molecule has 2 N–H and O–H groups in total. The van der Waals surface area contributed by atoms with Gasteiger partial charge in [-0.2, -0.15) is 0 Å². The Bertz CT molecular complexity index is 223. The predicted octanol–water partition coefficient (Wildman–Crippen LogP) is 3.98. The lowest BCUT2D eigenvalue weighted by Gasteiger charge is -2.14. The summed E-state index contributed by atoms with van der Waals surface area (Å²) in [4.78, 5) is 0. The van der Waals surface area contributed by atoms with E-state index in [1.807, 2.05) is 27.7 Å². The molecule has 0 aromatic rings. The number of aliphatic hydroxyl groups is 2. The van der Waals surface area contributed by atoms with Gasteiger partial charge < -0.3 is 10.2 Å². The van der Waals surface area contributed by atoms with Crippen molar-refractivity contribution in [2.75, 3.05) is 0 Å². The summed E-state index contributed by atoms with van der Waals surface area (Å²) in [6.07, 6.45) is 14.2. The van der Waals surface area contributed by atoms with Crippen LogP contribution in [0.15, 0.2) is 24.3 Å². The fourth-order valence-electron chi connectivity index (χ4n) is 1.54. The number of hydrogen-bond donors (Lipinski definition) is 2. The standard InChI is InChI=1S/C16H30O2/c1-15(2,17)13-11-9-7-5-6-8-10-12-14-16(3,4)18/h7-10,17-18H,5-6,11-14H2,1-4H3/b9-7+,10-8+. The molecular formula is C16H30O2. The van der Waals surface area contributed by atoms with E-state index in [9.17, 15) is 10.2 Å². The van der Waals surface area contributed by atoms with Gasteiger partial charge in [0.05, 0.1) is 11.2 Å². The van der Waals surface area contributed by atoms with Crippen LogP contribution in [0.25, 0.3) is 0 Å². The highest BCUT2D eigenvalue weighted by molar-refractivity contribution is 4.89. The van der Waals surface area contributed by atoms with Crippen LogP contribution in [0.5, 0.6) is 0 Å². The van der Waals surface area contributed by atoms with E-state index in [-0.39, 0.29) is 0 Å². The Labute approximate surface area is 112 Å². The highest BCUT2D eigenvalue weighted by Gasteiger charge is 2.10. The van der Waals surface area contributed by atoms with Crippen molar-refractivity contribution in [1.29, 1.82) is 0 Å². The lowest BCUT2D eigenvalue weighted by atomic mass is 10.0. The smallest absolute Gasteiger partial charge is 0.0594 e. The second kappa shape index (κ2) is 8.49. The van der Waals surface area contributed by atoms with Crippen LogP contribution >= 0.6 is 0 Å². The molecule has 0 saturated carbocycles. The molecule has 2 heteroatoms. The van der Waals surface area contributed by atoms with Crippen molar-refractivity contribution < 1.29 is 10.2 Å². The van der Waals surface area contributed by atoms with E-state index in [2.05, 4.69) is 24.3 Å². The lowest BCUT2D eigenvalue weighted by molar-refractivity contribution is 0.0715. The molecule has 0 rings (SSSR count). The summed E-state index contributed by atoms with van der Waals surface area (Å²) in [6, 6.07) is 0. The molecule has 0 aliphatic carbocycles. The third-order valence-electron chi connectivity index (χ3n) is 2.68. The van der Waals surface area contributed by atoms with Gasteiger partial charge in [-0.15, -0.1) is 0 Å². The normalized spacial score (nSPS) is 13.9. The Morgan fingerprint density at radius 1 is 0.611 bits per heavy atom. The molecule has 0 saturated heterocycles. The monoisotopic (exact) mass is 254 g/mol. The van der Waals surface area contributed by atoms with Crippen molar-refractivity contribution in [2.45, 2.75) is 77.4 Å². The summed E-state index contributed by atoms with van der Waals surface area (Å²) in [7, 11) is 0. The van der Waals surface area contributed by atoms with Gasteiger partial charge in [-0.1, -0.05) is 24.3 Å². The van der Waals surface area contributed by atoms with Crippen LogP contribution in [0, 0.1) is 0 Å². The minimum atomic E-state index is -0.554. The second-order valence-corrected chi connectivity index (χ2v) is 6.22. The van der Waals surface area contributed by atoms with E-state index >= 15 is 0 Å². The van der Waals surface area contributed by atoms with Crippen LogP contribution in [0.2, 0.25) is 0 Å². The third kappa shape index (κ3) is 15.4. The molecule has 0 fully saturated rings. The van der Waals surface area contributed by atoms with Crippen molar-refractivity contribution in [1.82, 2.24) is 0 Å². The minimum absolute atomic E-state index is 0.554. The maximum absolute atomic E-state index is 9.52. The molecular weight excluding hydrogens is 224 g/mol. The van der Waals surface area contributed by atoms with Crippen LogP contribution in [0.3, 0.4) is 0 Å². The summed E-state index contributed by atoms with van der Waals surface area (Å²) in [6.45, 7) is 7.36. The van der Waals surface area contributed by atoms with Crippen molar-refractivity contribution in [3.8, 4) is 0 Å². The maximum atomic E-state index is 9.52. The SMILES string of the molecule is CC(C)(O)CC/C=C/CC/C=C/CCC(C)(C)O. The number of rotatable bonds is 9. The fourth-order valence-corrected chi connectivity index (χ4v) is 1.54. The molecule has 2 nitrogen and oxygen atoms in total. The maximum Gasteiger partial charge on any atom is 0.0594 e. The van der Waals surface area contributed by atoms with Gasteiger partial charge in [-0.25, -0.2) is 0 Å². The first kappa shape index (κ1) is 17.4. The van der Waals surface area contributed by atoms with E-state index in [0.29, 0.717) is 0 Å². The molecule has 0 radical (unpaired) electrons. The van der Waals surface area contributed by atoms with Crippen molar-refractivity contribution in [3.05, 3.63) is 24.3 Å². The molecule has 106 valence electrons. The summed E-state index contributed by atoms with van der Waals surface area (Å²) >= 11 is 0. The lowest BCUT2D eigenvalue weighted by Crippen LogP contribution is -2.17. The van der Waals surface area contributed by atoms with E-state index in [4.69, 9.17) is 0 Å². The fraction of sp³-hybridized carbons (Fsp3) is 0.750. The van der Waals surface area contributed by atoms with Crippen LogP contribution in [-0.2, 0) is 0 Å². The summed E-state index contributed by atoms with van der Waals surface area (Å²) < 4.78 is 0. The van der Waals surface area contributed by atoms with Crippen molar-refractivity contribution in [2.24, 2.45) is 0 Å². The topological polar surface area (TPSA) is 40.5 Å². The van der Waals surface area contributed by atoms with Gasteiger partial charge >= 0.3 is 0 Å². The molecule has 0 aliphatic rings. The van der Waals surface area contributed by atoms with Crippen molar-refractivity contribution in [3.63, 3.8) is 0 Å². The molecule has 0 aromatic heterocycles. The number of allylic oxidation sites excluding steroid dienone is 4. The highest BCUT2D eigenvalue weighted by atomic mass is 16.3. The van der Waals surface area contributed by atoms with Gasteiger partial charge in [-0.05, 0) is 66.2 Å². The Kier molecular flexibility index (Phi) is 8.21. The molecule has 0 amide bonds. The number of unbranched alkanes of at least 4 members (excludes halogenated alkanes) is 1. The Hall–Kier alpha value is -0.600. The third-order valence-corrected chi connectivity index (χ3v) is 2.68. The van der Waals surface area contributed by atoms with E-state index in [1.165, 1.54) is 0 Å². The van der Waals surface area contributed by atoms with Crippen molar-refractivity contribution >= 4 is 0 Å². The van der Waals surface area contributed by atoms with Gasteiger partial charge in [0.2, 0.25) is 0 Å². The molecule has 0 unspecified atom stereocenters. The van der Waals surface area contributed by atoms with Gasteiger partial charge in [0.1, 0.15) is 0 Å². The molecule has 0 atom stereocenters. The van der Waals surface area contributed by atoms with Gasteiger partial charge in [0, 0.05) is 0 Å². The Morgan fingerprint density at radius 3 is 1.17 bits per heavy atom. The van der Waals surface area contributed by atoms with E-state index in [0.717, 1.165) is 38.5 Å². The summed E-state index contributed by atoms with van der Waals surface area (Å²) in [5, 5.41) is 19.0. The first-order valence-electron chi connectivity index (χ1n) is 6.95. The summed E-state index contributed by atoms with van der Waals surface area (Å²) in [5.41, 5.74) is -1.11. The zero-order valence-corrected chi connectivity index (χ0v) is 12.4. The minimum Gasteiger partial charge on any atom is -0.390 e. The molecule has 0 bridgehead atoms. The molecule has 0 aliphatic heterocycles. The van der Waals surface area contributed by atoms with Gasteiger partial charge in [0.25, 0.3) is 0 Å². The van der Waals surface area contributed by atoms with Crippen LogP contribution in [-0.4, -0.2) is 21.4 Å². The average Bonchev–Trinajstić information content (AvgIpc) is 2.17.